The third kappa shape index (κ3) is 1.98. The molecule has 0 saturated heterocycles. The molecule has 0 fully saturated rings. The van der Waals surface area contributed by atoms with Crippen molar-refractivity contribution in [3.63, 3.8) is 0 Å². The largest absolute Gasteiger partial charge is 0.380 e. The summed E-state index contributed by atoms with van der Waals surface area (Å²) in [4.78, 5) is 0. The van der Waals surface area contributed by atoms with Crippen LogP contribution in [0.4, 0.5) is 0 Å². The first-order valence-electron chi connectivity index (χ1n) is 7.02. The highest BCUT2D eigenvalue weighted by Crippen LogP contribution is 2.41. The number of benzene rings is 2. The normalized spacial score (nSPS) is 21.7. The Morgan fingerprint density at radius 3 is 2.37 bits per heavy atom. The predicted molar refractivity (Wildman–Crippen MR) is 78.3 cm³/mol. The number of rotatable bonds is 2. The molecular formula is C18H20O. The van der Waals surface area contributed by atoms with Crippen LogP contribution in [0.3, 0.4) is 0 Å². The van der Waals surface area contributed by atoms with Gasteiger partial charge >= 0.3 is 0 Å². The summed E-state index contributed by atoms with van der Waals surface area (Å²) in [5, 5.41) is 11.0. The van der Waals surface area contributed by atoms with Gasteiger partial charge in [0.1, 0.15) is 5.60 Å². The van der Waals surface area contributed by atoms with E-state index in [2.05, 4.69) is 50.2 Å². The Kier molecular flexibility index (Phi) is 2.94. The van der Waals surface area contributed by atoms with Crippen molar-refractivity contribution in [2.75, 3.05) is 0 Å². The molecule has 1 unspecified atom stereocenters. The third-order valence-corrected chi connectivity index (χ3v) is 4.27. The summed E-state index contributed by atoms with van der Waals surface area (Å²) in [6.07, 6.45) is 1.74. The van der Waals surface area contributed by atoms with Gasteiger partial charge in [0.2, 0.25) is 0 Å². The molecule has 1 atom stereocenters. The summed E-state index contributed by atoms with van der Waals surface area (Å²) >= 11 is 0. The van der Waals surface area contributed by atoms with Crippen molar-refractivity contribution in [1.82, 2.24) is 0 Å². The van der Waals surface area contributed by atoms with Gasteiger partial charge in [-0.05, 0) is 41.0 Å². The third-order valence-electron chi connectivity index (χ3n) is 4.27. The van der Waals surface area contributed by atoms with Gasteiger partial charge in [0.05, 0.1) is 0 Å². The van der Waals surface area contributed by atoms with Crippen LogP contribution in [-0.2, 0) is 12.0 Å². The monoisotopic (exact) mass is 252 g/mol. The Bertz CT molecular complexity index is 583. The molecule has 2 aromatic carbocycles. The first kappa shape index (κ1) is 12.4. The van der Waals surface area contributed by atoms with E-state index in [-0.39, 0.29) is 0 Å². The zero-order chi connectivity index (χ0) is 13.5. The van der Waals surface area contributed by atoms with Gasteiger partial charge in [-0.1, -0.05) is 62.4 Å². The van der Waals surface area contributed by atoms with Crippen molar-refractivity contribution in [3.05, 3.63) is 70.8 Å². The fraction of sp³-hybridized carbons (Fsp3) is 0.333. The quantitative estimate of drug-likeness (QED) is 0.856. The maximum atomic E-state index is 11.0. The minimum Gasteiger partial charge on any atom is -0.380 e. The summed E-state index contributed by atoms with van der Waals surface area (Å²) < 4.78 is 0. The number of hydrogen-bond acceptors (Lipinski definition) is 1. The zero-order valence-electron chi connectivity index (χ0n) is 11.6. The maximum absolute atomic E-state index is 11.0. The molecule has 19 heavy (non-hydrogen) atoms. The first-order valence-corrected chi connectivity index (χ1v) is 7.02. The highest BCUT2D eigenvalue weighted by Gasteiger charge is 2.37. The second-order valence-corrected chi connectivity index (χ2v) is 5.79. The van der Waals surface area contributed by atoms with Crippen molar-refractivity contribution in [2.45, 2.75) is 38.2 Å². The number of aryl methyl sites for hydroxylation is 1. The van der Waals surface area contributed by atoms with Crippen molar-refractivity contribution < 1.29 is 5.11 Å². The Hall–Kier alpha value is -1.60. The van der Waals surface area contributed by atoms with Crippen LogP contribution in [0.1, 0.15) is 48.4 Å². The van der Waals surface area contributed by atoms with Crippen LogP contribution in [0.25, 0.3) is 0 Å². The topological polar surface area (TPSA) is 20.2 Å². The molecule has 1 N–H and O–H groups in total. The smallest absolute Gasteiger partial charge is 0.115 e. The fourth-order valence-electron chi connectivity index (χ4n) is 3.04. The van der Waals surface area contributed by atoms with Gasteiger partial charge in [-0.15, -0.1) is 0 Å². The van der Waals surface area contributed by atoms with Crippen LogP contribution in [0.5, 0.6) is 0 Å². The molecular weight excluding hydrogens is 232 g/mol. The van der Waals surface area contributed by atoms with Gasteiger partial charge in [-0.25, -0.2) is 0 Å². The van der Waals surface area contributed by atoms with E-state index in [1.807, 2.05) is 12.1 Å². The van der Waals surface area contributed by atoms with Gasteiger partial charge in [0, 0.05) is 0 Å². The molecule has 1 aliphatic carbocycles. The van der Waals surface area contributed by atoms with Crippen LogP contribution in [0.15, 0.2) is 48.5 Å². The number of hydrogen-bond donors (Lipinski definition) is 1. The standard InChI is InChI=1S/C18H20O/c1-13(2)14-7-9-16(10-8-14)18(19)12-11-15-5-3-4-6-17(15)18/h3-10,13,19H,11-12H2,1-2H3. The van der Waals surface area contributed by atoms with Crippen molar-refractivity contribution in [1.29, 1.82) is 0 Å². The van der Waals surface area contributed by atoms with Crippen LogP contribution in [-0.4, -0.2) is 5.11 Å². The number of aliphatic hydroxyl groups is 1. The summed E-state index contributed by atoms with van der Waals surface area (Å²) in [5.74, 6) is 0.527. The van der Waals surface area contributed by atoms with E-state index in [1.165, 1.54) is 11.1 Å². The van der Waals surface area contributed by atoms with E-state index in [9.17, 15) is 5.11 Å². The minimum absolute atomic E-state index is 0.527. The molecule has 0 radical (unpaired) electrons. The van der Waals surface area contributed by atoms with E-state index >= 15 is 0 Å². The highest BCUT2D eigenvalue weighted by atomic mass is 16.3. The van der Waals surface area contributed by atoms with Crippen LogP contribution >= 0.6 is 0 Å². The van der Waals surface area contributed by atoms with Crippen LogP contribution in [0.2, 0.25) is 0 Å². The maximum Gasteiger partial charge on any atom is 0.115 e. The van der Waals surface area contributed by atoms with Crippen molar-refractivity contribution >= 4 is 0 Å². The minimum atomic E-state index is -0.800. The van der Waals surface area contributed by atoms with Gasteiger partial charge in [0.15, 0.2) is 0 Å². The summed E-state index contributed by atoms with van der Waals surface area (Å²) in [5.41, 5.74) is 3.89. The van der Waals surface area contributed by atoms with Crippen molar-refractivity contribution in [2.24, 2.45) is 0 Å². The van der Waals surface area contributed by atoms with E-state index < -0.39 is 5.60 Å². The molecule has 0 aliphatic heterocycles. The zero-order valence-corrected chi connectivity index (χ0v) is 11.6. The Morgan fingerprint density at radius 1 is 1.00 bits per heavy atom. The molecule has 3 rings (SSSR count). The van der Waals surface area contributed by atoms with Gasteiger partial charge in [-0.3, -0.25) is 0 Å². The Labute approximate surface area is 114 Å². The SMILES string of the molecule is CC(C)c1ccc(C2(O)CCc3ccccc32)cc1. The molecule has 0 heterocycles. The van der Waals surface area contributed by atoms with Gasteiger partial charge in [0.25, 0.3) is 0 Å². The van der Waals surface area contributed by atoms with Crippen LogP contribution in [0, 0.1) is 0 Å². The molecule has 2 aromatic rings. The van der Waals surface area contributed by atoms with Gasteiger partial charge in [-0.2, -0.15) is 0 Å². The molecule has 0 bridgehead atoms. The lowest BCUT2D eigenvalue weighted by atomic mass is 9.87. The second kappa shape index (κ2) is 4.50. The molecule has 1 nitrogen and oxygen atoms in total. The molecule has 1 aliphatic rings. The average Bonchev–Trinajstić information content (AvgIpc) is 2.78. The fourth-order valence-corrected chi connectivity index (χ4v) is 3.04. The van der Waals surface area contributed by atoms with E-state index in [0.29, 0.717) is 5.92 Å². The number of fused-ring (bicyclic) bond motifs is 1. The van der Waals surface area contributed by atoms with Gasteiger partial charge < -0.3 is 5.11 Å². The molecule has 0 spiro atoms. The Balaban J connectivity index is 2.02. The van der Waals surface area contributed by atoms with E-state index in [0.717, 1.165) is 24.0 Å². The lowest BCUT2D eigenvalue weighted by molar-refractivity contribution is 0.0829. The predicted octanol–water partition coefficient (Wildman–Crippen LogP) is 3.99. The van der Waals surface area contributed by atoms with Crippen LogP contribution < -0.4 is 0 Å². The summed E-state index contributed by atoms with van der Waals surface area (Å²) in [6.45, 7) is 4.38. The highest BCUT2D eigenvalue weighted by molar-refractivity contribution is 5.45. The molecule has 0 aromatic heterocycles. The Morgan fingerprint density at radius 2 is 1.68 bits per heavy atom. The summed E-state index contributed by atoms with van der Waals surface area (Å²) in [7, 11) is 0. The first-order chi connectivity index (χ1) is 9.11. The van der Waals surface area contributed by atoms with Crippen molar-refractivity contribution in [3.8, 4) is 0 Å². The lowest BCUT2D eigenvalue weighted by Gasteiger charge is -2.25. The molecule has 0 amide bonds. The molecule has 0 saturated carbocycles. The van der Waals surface area contributed by atoms with E-state index in [1.54, 1.807) is 0 Å². The summed E-state index contributed by atoms with van der Waals surface area (Å²) in [6, 6.07) is 16.7. The second-order valence-electron chi connectivity index (χ2n) is 5.79. The average molecular weight is 252 g/mol. The van der Waals surface area contributed by atoms with E-state index in [4.69, 9.17) is 0 Å². The molecule has 98 valence electrons. The lowest BCUT2D eigenvalue weighted by Crippen LogP contribution is -2.23. The molecule has 1 heteroatoms.